The average Bonchev–Trinajstić information content (AvgIpc) is 3.01. The van der Waals surface area contributed by atoms with Crippen molar-refractivity contribution in [1.29, 1.82) is 5.26 Å². The van der Waals surface area contributed by atoms with Gasteiger partial charge in [-0.25, -0.2) is 0 Å². The lowest BCUT2D eigenvalue weighted by molar-refractivity contribution is -0.0384. The lowest BCUT2D eigenvalue weighted by Crippen LogP contribution is -2.56. The number of piperidine rings is 1. The summed E-state index contributed by atoms with van der Waals surface area (Å²) >= 11 is 0. The van der Waals surface area contributed by atoms with E-state index in [2.05, 4.69) is 44.8 Å². The molecule has 40 heavy (non-hydrogen) atoms. The van der Waals surface area contributed by atoms with Crippen LogP contribution in [0.4, 0.5) is 5.69 Å². The standard InChI is InChI=1S/C32H38N6O2/c1-24-21-38(30-10-9-26(20-33)31-29(30)8-5-13-34-31)23-28(40-24)22-35-14-11-27(12-15-35)36-16-18-37(19-17-36)32(39)25-6-3-2-4-7-25/h2-10,13,24,27-28H,11-12,14-19,21-23H2,1H3/t24-,28-/m1/s1. The summed E-state index contributed by atoms with van der Waals surface area (Å²) in [5, 5.41) is 10.6. The zero-order valence-electron chi connectivity index (χ0n) is 23.3. The maximum atomic E-state index is 12.8. The molecule has 1 amide bonds. The first-order chi connectivity index (χ1) is 19.6. The number of pyridine rings is 1. The van der Waals surface area contributed by atoms with Crippen LogP contribution in [-0.4, -0.2) is 103 Å². The van der Waals surface area contributed by atoms with Crippen molar-refractivity contribution in [3.63, 3.8) is 0 Å². The Hall–Kier alpha value is -3.51. The molecule has 1 aromatic heterocycles. The average molecular weight is 539 g/mol. The minimum Gasteiger partial charge on any atom is -0.370 e. The topological polar surface area (TPSA) is 75.9 Å². The zero-order valence-corrected chi connectivity index (χ0v) is 23.3. The third kappa shape index (κ3) is 5.68. The SMILES string of the molecule is C[C@@H]1CN(c2ccc(C#N)c3ncccc23)C[C@@H](CN2CCC(N3CCN(C(=O)c4ccccc4)CC3)CC2)O1. The van der Waals surface area contributed by atoms with Gasteiger partial charge in [0.1, 0.15) is 6.07 Å². The van der Waals surface area contributed by atoms with Crippen molar-refractivity contribution in [3.05, 3.63) is 71.9 Å². The zero-order chi connectivity index (χ0) is 27.5. The van der Waals surface area contributed by atoms with Crippen molar-refractivity contribution in [2.75, 3.05) is 63.8 Å². The highest BCUT2D eigenvalue weighted by Gasteiger charge is 2.32. The van der Waals surface area contributed by atoms with Gasteiger partial charge in [0.2, 0.25) is 0 Å². The van der Waals surface area contributed by atoms with Gasteiger partial charge >= 0.3 is 0 Å². The summed E-state index contributed by atoms with van der Waals surface area (Å²) in [6.07, 6.45) is 4.34. The number of hydrogen-bond donors (Lipinski definition) is 0. The van der Waals surface area contributed by atoms with Crippen molar-refractivity contribution in [2.24, 2.45) is 0 Å². The predicted octanol–water partition coefficient (Wildman–Crippen LogP) is 3.62. The normalized spacial score (nSPS) is 23.3. The molecule has 8 heteroatoms. The number of anilines is 1. The monoisotopic (exact) mass is 538 g/mol. The van der Waals surface area contributed by atoms with Crippen LogP contribution in [-0.2, 0) is 4.74 Å². The molecule has 0 N–H and O–H groups in total. The number of ether oxygens (including phenoxy) is 1. The Kier molecular flexibility index (Phi) is 7.96. The van der Waals surface area contributed by atoms with Crippen LogP contribution in [0, 0.1) is 11.3 Å². The number of hydrogen-bond acceptors (Lipinski definition) is 7. The summed E-state index contributed by atoms with van der Waals surface area (Å²) in [7, 11) is 0. The quantitative estimate of drug-likeness (QED) is 0.491. The number of morpholine rings is 1. The minimum atomic E-state index is 0.133. The van der Waals surface area contributed by atoms with Gasteiger partial charge in [0, 0.05) is 74.7 Å². The minimum absolute atomic E-state index is 0.133. The third-order valence-corrected chi connectivity index (χ3v) is 8.69. The van der Waals surface area contributed by atoms with Crippen LogP contribution in [0.15, 0.2) is 60.8 Å². The van der Waals surface area contributed by atoms with Crippen LogP contribution >= 0.6 is 0 Å². The van der Waals surface area contributed by atoms with E-state index >= 15 is 0 Å². The Labute approximate surface area is 236 Å². The molecule has 8 nitrogen and oxygen atoms in total. The second-order valence-corrected chi connectivity index (χ2v) is 11.3. The number of rotatable bonds is 5. The van der Waals surface area contributed by atoms with Crippen molar-refractivity contribution >= 4 is 22.5 Å². The van der Waals surface area contributed by atoms with Gasteiger partial charge in [0.15, 0.2) is 0 Å². The van der Waals surface area contributed by atoms with Crippen LogP contribution in [0.5, 0.6) is 0 Å². The Morgan fingerprint density at radius 1 is 0.975 bits per heavy atom. The Bertz CT molecular complexity index is 1360. The number of benzene rings is 2. The van der Waals surface area contributed by atoms with E-state index in [0.717, 1.165) is 93.9 Å². The van der Waals surface area contributed by atoms with E-state index in [9.17, 15) is 10.1 Å². The molecule has 2 atom stereocenters. The first-order valence-electron chi connectivity index (χ1n) is 14.6. The number of nitriles is 1. The van der Waals surface area contributed by atoms with Crippen molar-refractivity contribution in [2.45, 2.75) is 38.0 Å². The van der Waals surface area contributed by atoms with E-state index in [1.807, 2.05) is 47.4 Å². The van der Waals surface area contributed by atoms with E-state index in [4.69, 9.17) is 4.74 Å². The Morgan fingerprint density at radius 2 is 1.75 bits per heavy atom. The first-order valence-corrected chi connectivity index (χ1v) is 14.6. The fourth-order valence-electron chi connectivity index (χ4n) is 6.67. The fraction of sp³-hybridized carbons (Fsp3) is 0.469. The molecule has 3 aliphatic heterocycles. The molecule has 0 saturated carbocycles. The Balaban J connectivity index is 1.01. The molecule has 3 fully saturated rings. The van der Waals surface area contributed by atoms with Crippen LogP contribution in [0.2, 0.25) is 0 Å². The van der Waals surface area contributed by atoms with Gasteiger partial charge in [0.05, 0.1) is 23.3 Å². The van der Waals surface area contributed by atoms with Crippen molar-refractivity contribution in [3.8, 4) is 6.07 Å². The van der Waals surface area contributed by atoms with Crippen LogP contribution in [0.1, 0.15) is 35.7 Å². The van der Waals surface area contributed by atoms with Gasteiger partial charge in [-0.3, -0.25) is 14.7 Å². The van der Waals surface area contributed by atoms with Crippen molar-refractivity contribution < 1.29 is 9.53 Å². The molecule has 0 aliphatic carbocycles. The lowest BCUT2D eigenvalue weighted by Gasteiger charge is -2.44. The molecule has 0 bridgehead atoms. The van der Waals surface area contributed by atoms with Crippen LogP contribution in [0.25, 0.3) is 10.9 Å². The van der Waals surface area contributed by atoms with E-state index in [0.29, 0.717) is 11.6 Å². The number of likely N-dealkylation sites (tertiary alicyclic amines) is 1. The lowest BCUT2D eigenvalue weighted by atomic mass is 10.0. The molecule has 4 heterocycles. The number of fused-ring (bicyclic) bond motifs is 1. The number of carbonyl (C=O) groups is 1. The van der Waals surface area contributed by atoms with Gasteiger partial charge in [-0.2, -0.15) is 5.26 Å². The molecular weight excluding hydrogens is 500 g/mol. The molecular formula is C32H38N6O2. The van der Waals surface area contributed by atoms with Gasteiger partial charge in [-0.1, -0.05) is 18.2 Å². The number of nitrogens with zero attached hydrogens (tertiary/aromatic N) is 6. The first kappa shape index (κ1) is 26.7. The predicted molar refractivity (Wildman–Crippen MR) is 156 cm³/mol. The highest BCUT2D eigenvalue weighted by molar-refractivity contribution is 5.95. The number of aromatic nitrogens is 1. The molecule has 0 spiro atoms. The van der Waals surface area contributed by atoms with E-state index in [-0.39, 0.29) is 18.1 Å². The van der Waals surface area contributed by atoms with Gasteiger partial charge in [-0.05, 0) is 69.3 Å². The second kappa shape index (κ2) is 11.9. The highest BCUT2D eigenvalue weighted by atomic mass is 16.5. The molecule has 0 unspecified atom stereocenters. The molecule has 3 saturated heterocycles. The maximum absolute atomic E-state index is 12.8. The van der Waals surface area contributed by atoms with E-state index in [1.165, 1.54) is 0 Å². The smallest absolute Gasteiger partial charge is 0.253 e. The van der Waals surface area contributed by atoms with Crippen LogP contribution < -0.4 is 4.90 Å². The van der Waals surface area contributed by atoms with E-state index < -0.39 is 0 Å². The summed E-state index contributed by atoms with van der Waals surface area (Å²) in [4.78, 5) is 26.9. The molecule has 2 aromatic carbocycles. The van der Waals surface area contributed by atoms with Gasteiger partial charge in [-0.15, -0.1) is 0 Å². The maximum Gasteiger partial charge on any atom is 0.253 e. The van der Waals surface area contributed by atoms with Crippen molar-refractivity contribution in [1.82, 2.24) is 19.7 Å². The summed E-state index contributed by atoms with van der Waals surface area (Å²) in [5.41, 5.74) is 3.30. The largest absolute Gasteiger partial charge is 0.370 e. The number of piperazine rings is 1. The Morgan fingerprint density at radius 3 is 2.50 bits per heavy atom. The van der Waals surface area contributed by atoms with Gasteiger partial charge < -0.3 is 19.4 Å². The molecule has 0 radical (unpaired) electrons. The number of carbonyl (C=O) groups excluding carboxylic acids is 1. The summed E-state index contributed by atoms with van der Waals surface area (Å²) in [5.74, 6) is 0.149. The molecule has 208 valence electrons. The summed E-state index contributed by atoms with van der Waals surface area (Å²) < 4.78 is 6.41. The fourth-order valence-corrected chi connectivity index (χ4v) is 6.67. The summed E-state index contributed by atoms with van der Waals surface area (Å²) in [6, 6.07) is 20.5. The second-order valence-electron chi connectivity index (χ2n) is 11.3. The van der Waals surface area contributed by atoms with Crippen LogP contribution in [0.3, 0.4) is 0 Å². The third-order valence-electron chi connectivity index (χ3n) is 8.69. The summed E-state index contributed by atoms with van der Waals surface area (Å²) in [6.45, 7) is 10.4. The highest BCUT2D eigenvalue weighted by Crippen LogP contribution is 2.30. The molecule has 3 aliphatic rings. The molecule has 3 aromatic rings. The van der Waals surface area contributed by atoms with E-state index in [1.54, 1.807) is 6.20 Å². The molecule has 6 rings (SSSR count). The number of amides is 1. The van der Waals surface area contributed by atoms with Gasteiger partial charge in [0.25, 0.3) is 5.91 Å².